The molecule has 1 unspecified atom stereocenters. The largest absolute Gasteiger partial charge is 0.0805 e. The predicted octanol–water partition coefficient (Wildman–Crippen LogP) is 5.38. The highest BCUT2D eigenvalue weighted by Gasteiger charge is 2.29. The van der Waals surface area contributed by atoms with Gasteiger partial charge in [0.05, 0.1) is 0 Å². The number of allylic oxidation sites excluding steroid dienone is 4. The van der Waals surface area contributed by atoms with Crippen LogP contribution in [0.5, 0.6) is 0 Å². The van der Waals surface area contributed by atoms with Crippen LogP contribution in [-0.2, 0) is 0 Å². The number of hydrogen-bond acceptors (Lipinski definition) is 0. The molecule has 4 rings (SSSR count). The number of rotatable bonds is 2. The highest BCUT2D eigenvalue weighted by atomic mass is 14.3. The maximum atomic E-state index is 2.32. The van der Waals surface area contributed by atoms with Crippen molar-refractivity contribution in [3.63, 3.8) is 0 Å². The smallest absolute Gasteiger partial charge is 0.0139 e. The first kappa shape index (κ1) is 11.7. The Kier molecular flexibility index (Phi) is 2.63. The molecule has 0 heterocycles. The molecule has 1 atom stereocenters. The standard InChI is InChI=1S/C20H18/c1-14-7-6-12-18-19(13-15-8-2-3-9-15)16-10-4-5-11-17(16)20(14)18/h2-8,10-12,19H,9,13H2,1H3. The molecule has 2 aliphatic carbocycles. The lowest BCUT2D eigenvalue weighted by Gasteiger charge is -2.14. The third-order valence-electron chi connectivity index (χ3n) is 4.60. The highest BCUT2D eigenvalue weighted by molar-refractivity contribution is 5.81. The molecule has 0 bridgehead atoms. The fourth-order valence-corrected chi connectivity index (χ4v) is 3.67. The number of hydrogen-bond donors (Lipinski definition) is 0. The molecule has 0 aromatic heterocycles. The topological polar surface area (TPSA) is 0 Å². The van der Waals surface area contributed by atoms with Crippen LogP contribution in [0.4, 0.5) is 0 Å². The summed E-state index contributed by atoms with van der Waals surface area (Å²) in [5, 5.41) is 0. The number of aryl methyl sites for hydroxylation is 1. The van der Waals surface area contributed by atoms with Crippen molar-refractivity contribution in [2.45, 2.75) is 25.7 Å². The second-order valence-corrected chi connectivity index (χ2v) is 5.84. The van der Waals surface area contributed by atoms with Crippen LogP contribution in [0, 0.1) is 6.92 Å². The molecule has 0 spiro atoms. The fourth-order valence-electron chi connectivity index (χ4n) is 3.67. The van der Waals surface area contributed by atoms with E-state index in [9.17, 15) is 0 Å². The van der Waals surface area contributed by atoms with Gasteiger partial charge in [-0.3, -0.25) is 0 Å². The van der Waals surface area contributed by atoms with Gasteiger partial charge in [0.2, 0.25) is 0 Å². The van der Waals surface area contributed by atoms with Crippen molar-refractivity contribution in [3.8, 4) is 11.1 Å². The van der Waals surface area contributed by atoms with E-state index in [-0.39, 0.29) is 0 Å². The van der Waals surface area contributed by atoms with Crippen molar-refractivity contribution in [2.75, 3.05) is 0 Å². The summed E-state index contributed by atoms with van der Waals surface area (Å²) in [6.45, 7) is 2.23. The summed E-state index contributed by atoms with van der Waals surface area (Å²) in [6.07, 6.45) is 9.01. The van der Waals surface area contributed by atoms with Gasteiger partial charge in [0.25, 0.3) is 0 Å². The van der Waals surface area contributed by atoms with Crippen LogP contribution >= 0.6 is 0 Å². The zero-order valence-electron chi connectivity index (χ0n) is 11.8. The van der Waals surface area contributed by atoms with Crippen molar-refractivity contribution in [1.29, 1.82) is 0 Å². The van der Waals surface area contributed by atoms with Gasteiger partial charge in [-0.1, -0.05) is 66.3 Å². The molecule has 0 saturated carbocycles. The van der Waals surface area contributed by atoms with Crippen molar-refractivity contribution in [1.82, 2.24) is 0 Å². The second-order valence-electron chi connectivity index (χ2n) is 5.84. The molecule has 20 heavy (non-hydrogen) atoms. The predicted molar refractivity (Wildman–Crippen MR) is 84.9 cm³/mol. The number of benzene rings is 2. The molecular formula is C20H18. The van der Waals surface area contributed by atoms with Gasteiger partial charge < -0.3 is 0 Å². The van der Waals surface area contributed by atoms with E-state index < -0.39 is 0 Å². The van der Waals surface area contributed by atoms with Gasteiger partial charge in [-0.15, -0.1) is 0 Å². The third-order valence-corrected chi connectivity index (χ3v) is 4.60. The summed E-state index contributed by atoms with van der Waals surface area (Å²) in [5.41, 5.74) is 8.88. The fraction of sp³-hybridized carbons (Fsp3) is 0.200. The van der Waals surface area contributed by atoms with E-state index in [1.807, 2.05) is 0 Å². The molecular weight excluding hydrogens is 240 g/mol. The minimum absolute atomic E-state index is 0.534. The summed E-state index contributed by atoms with van der Waals surface area (Å²) in [4.78, 5) is 0. The van der Waals surface area contributed by atoms with Gasteiger partial charge in [0.15, 0.2) is 0 Å². The second kappa shape index (κ2) is 4.49. The molecule has 0 saturated heterocycles. The Morgan fingerprint density at radius 1 is 1.00 bits per heavy atom. The lowest BCUT2D eigenvalue weighted by Crippen LogP contribution is -1.98. The maximum Gasteiger partial charge on any atom is 0.0139 e. The first-order valence-electron chi connectivity index (χ1n) is 7.38. The van der Waals surface area contributed by atoms with E-state index in [1.54, 1.807) is 5.57 Å². The summed E-state index contributed by atoms with van der Waals surface area (Å²) < 4.78 is 0. The van der Waals surface area contributed by atoms with Crippen molar-refractivity contribution >= 4 is 0 Å². The Labute approximate surface area is 120 Å². The first-order chi connectivity index (χ1) is 9.84. The average molecular weight is 258 g/mol. The molecule has 0 nitrogen and oxygen atoms in total. The van der Waals surface area contributed by atoms with Gasteiger partial charge in [0.1, 0.15) is 0 Å². The maximum absolute atomic E-state index is 2.32. The Balaban J connectivity index is 1.85. The molecule has 2 aromatic rings. The zero-order valence-corrected chi connectivity index (χ0v) is 11.8. The molecule has 0 heteroatoms. The van der Waals surface area contributed by atoms with Crippen LogP contribution < -0.4 is 0 Å². The van der Waals surface area contributed by atoms with Crippen LogP contribution in [0.3, 0.4) is 0 Å². The Hall–Kier alpha value is -2.08. The zero-order chi connectivity index (χ0) is 13.5. The average Bonchev–Trinajstić information content (AvgIpc) is 3.08. The van der Waals surface area contributed by atoms with E-state index in [2.05, 4.69) is 67.6 Å². The van der Waals surface area contributed by atoms with E-state index in [0.29, 0.717) is 5.92 Å². The van der Waals surface area contributed by atoms with E-state index in [0.717, 1.165) is 12.8 Å². The van der Waals surface area contributed by atoms with E-state index >= 15 is 0 Å². The molecule has 2 aliphatic rings. The van der Waals surface area contributed by atoms with Crippen molar-refractivity contribution in [2.24, 2.45) is 0 Å². The molecule has 0 aliphatic heterocycles. The monoisotopic (exact) mass is 258 g/mol. The van der Waals surface area contributed by atoms with Crippen LogP contribution in [-0.4, -0.2) is 0 Å². The molecule has 0 amide bonds. The lowest BCUT2D eigenvalue weighted by atomic mass is 9.89. The van der Waals surface area contributed by atoms with Gasteiger partial charge in [0, 0.05) is 5.92 Å². The summed E-state index contributed by atoms with van der Waals surface area (Å²) in [5.74, 6) is 0.534. The van der Waals surface area contributed by atoms with Crippen molar-refractivity contribution < 1.29 is 0 Å². The lowest BCUT2D eigenvalue weighted by molar-refractivity contribution is 0.804. The Bertz CT molecular complexity index is 731. The molecule has 0 radical (unpaired) electrons. The van der Waals surface area contributed by atoms with Crippen LogP contribution in [0.2, 0.25) is 0 Å². The molecule has 98 valence electrons. The van der Waals surface area contributed by atoms with Crippen LogP contribution in [0.1, 0.15) is 35.4 Å². The molecule has 0 fully saturated rings. The normalized spacial score (nSPS) is 18.9. The van der Waals surface area contributed by atoms with Gasteiger partial charge in [-0.25, -0.2) is 0 Å². The first-order valence-corrected chi connectivity index (χ1v) is 7.38. The highest BCUT2D eigenvalue weighted by Crippen LogP contribution is 2.48. The Morgan fingerprint density at radius 2 is 1.85 bits per heavy atom. The Morgan fingerprint density at radius 3 is 2.70 bits per heavy atom. The number of fused-ring (bicyclic) bond motifs is 3. The molecule has 0 N–H and O–H groups in total. The van der Waals surface area contributed by atoms with Crippen molar-refractivity contribution in [3.05, 3.63) is 83.0 Å². The quantitative estimate of drug-likeness (QED) is 0.678. The van der Waals surface area contributed by atoms with Crippen LogP contribution in [0.25, 0.3) is 11.1 Å². The minimum Gasteiger partial charge on any atom is -0.0805 e. The van der Waals surface area contributed by atoms with E-state index in [1.165, 1.54) is 27.8 Å². The third kappa shape index (κ3) is 1.68. The SMILES string of the molecule is Cc1cccc2c1-c1ccccc1C2CC1=CC=CC1. The van der Waals surface area contributed by atoms with Gasteiger partial charge in [-0.05, 0) is 47.6 Å². The summed E-state index contributed by atoms with van der Waals surface area (Å²) in [7, 11) is 0. The molecule has 2 aromatic carbocycles. The minimum atomic E-state index is 0.534. The van der Waals surface area contributed by atoms with Gasteiger partial charge >= 0.3 is 0 Å². The summed E-state index contributed by atoms with van der Waals surface area (Å²) >= 11 is 0. The summed E-state index contributed by atoms with van der Waals surface area (Å²) in [6, 6.07) is 15.7. The van der Waals surface area contributed by atoms with E-state index in [4.69, 9.17) is 0 Å². The van der Waals surface area contributed by atoms with Crippen LogP contribution in [0.15, 0.2) is 66.3 Å². The van der Waals surface area contributed by atoms with Gasteiger partial charge in [-0.2, -0.15) is 0 Å².